The monoisotopic (exact) mass is 240 g/mol. The Morgan fingerprint density at radius 1 is 1.61 bits per heavy atom. The Hall–Kier alpha value is -2.35. The second-order valence-corrected chi connectivity index (χ2v) is 4.54. The number of nitrogens with zero attached hydrogens (tertiary/aromatic N) is 3. The van der Waals surface area contributed by atoms with Gasteiger partial charge in [0, 0.05) is 11.8 Å². The molecule has 1 atom stereocenters. The van der Waals surface area contributed by atoms with Gasteiger partial charge in [0.1, 0.15) is 5.82 Å². The lowest BCUT2D eigenvalue weighted by molar-refractivity contribution is -0.121. The predicted octanol–water partition coefficient (Wildman–Crippen LogP) is 1.04. The van der Waals surface area contributed by atoms with Crippen molar-refractivity contribution in [2.45, 2.75) is 19.4 Å². The van der Waals surface area contributed by atoms with Gasteiger partial charge in [-0.15, -0.1) is 0 Å². The van der Waals surface area contributed by atoms with E-state index >= 15 is 0 Å². The zero-order chi connectivity index (χ0) is 12.7. The average Bonchev–Trinajstić information content (AvgIpc) is 2.36. The molecule has 0 bridgehead atoms. The van der Waals surface area contributed by atoms with E-state index < -0.39 is 0 Å². The van der Waals surface area contributed by atoms with E-state index in [-0.39, 0.29) is 11.9 Å². The average molecular weight is 240 g/mol. The smallest absolute Gasteiger partial charge is 0.224 e. The van der Waals surface area contributed by atoms with E-state index in [1.807, 2.05) is 19.1 Å². The molecule has 1 amide bonds. The summed E-state index contributed by atoms with van der Waals surface area (Å²) in [6.45, 7) is 2.43. The Labute approximate surface area is 105 Å². The number of hydrogen-bond donors (Lipinski definition) is 1. The molecule has 2 aliphatic heterocycles. The lowest BCUT2D eigenvalue weighted by atomic mass is 9.86. The fraction of sp³-hybridized carbons (Fsp3) is 0.308. The summed E-state index contributed by atoms with van der Waals surface area (Å²) in [5.41, 5.74) is 3.09. The van der Waals surface area contributed by atoms with E-state index in [0.717, 1.165) is 16.7 Å². The van der Waals surface area contributed by atoms with Gasteiger partial charge < -0.3 is 5.32 Å². The maximum atomic E-state index is 11.6. The Bertz CT molecular complexity index is 599. The molecule has 5 heteroatoms. The predicted molar refractivity (Wildman–Crippen MR) is 66.3 cm³/mol. The molecular weight excluding hydrogens is 228 g/mol. The largest absolute Gasteiger partial charge is 0.349 e. The van der Waals surface area contributed by atoms with Gasteiger partial charge in [0.15, 0.2) is 6.19 Å². The highest BCUT2D eigenvalue weighted by molar-refractivity contribution is 5.93. The van der Waals surface area contributed by atoms with Crippen molar-refractivity contribution in [3.8, 4) is 6.19 Å². The molecule has 1 unspecified atom stereocenters. The molecule has 0 saturated heterocycles. The lowest BCUT2D eigenvalue weighted by Gasteiger charge is -2.34. The molecule has 1 aromatic heterocycles. The van der Waals surface area contributed by atoms with Crippen LogP contribution in [0.25, 0.3) is 5.57 Å². The van der Waals surface area contributed by atoms with Crippen LogP contribution in [0.3, 0.4) is 0 Å². The SMILES string of the molecule is CC1NC(=O)CC2=C1c1cccnc1N(C#N)C2. The molecule has 0 radical (unpaired) electrons. The summed E-state index contributed by atoms with van der Waals surface area (Å²) >= 11 is 0. The maximum Gasteiger partial charge on any atom is 0.224 e. The van der Waals surface area contributed by atoms with E-state index in [1.165, 1.54) is 0 Å². The topological polar surface area (TPSA) is 69.0 Å². The summed E-state index contributed by atoms with van der Waals surface area (Å²) < 4.78 is 0. The summed E-state index contributed by atoms with van der Waals surface area (Å²) in [6.07, 6.45) is 4.18. The highest BCUT2D eigenvalue weighted by atomic mass is 16.1. The third-order valence-corrected chi connectivity index (χ3v) is 3.37. The second kappa shape index (κ2) is 3.84. The number of aromatic nitrogens is 1. The van der Waals surface area contributed by atoms with E-state index in [1.54, 1.807) is 11.1 Å². The van der Waals surface area contributed by atoms with Gasteiger partial charge in [-0.3, -0.25) is 9.69 Å². The van der Waals surface area contributed by atoms with Crippen molar-refractivity contribution in [1.82, 2.24) is 10.3 Å². The van der Waals surface area contributed by atoms with Crippen molar-refractivity contribution >= 4 is 17.3 Å². The quantitative estimate of drug-likeness (QED) is 0.688. The number of pyridine rings is 1. The maximum absolute atomic E-state index is 11.6. The third kappa shape index (κ3) is 1.46. The molecule has 1 aromatic rings. The van der Waals surface area contributed by atoms with Gasteiger partial charge in [0.05, 0.1) is 19.0 Å². The molecule has 2 aliphatic rings. The molecule has 0 spiro atoms. The number of hydrogen-bond acceptors (Lipinski definition) is 4. The summed E-state index contributed by atoms with van der Waals surface area (Å²) in [5, 5.41) is 12.1. The molecule has 90 valence electrons. The van der Waals surface area contributed by atoms with Crippen LogP contribution in [0.5, 0.6) is 0 Å². The first-order valence-electron chi connectivity index (χ1n) is 5.84. The van der Waals surface area contributed by atoms with Gasteiger partial charge in [-0.2, -0.15) is 5.26 Å². The molecular formula is C13H12N4O. The summed E-state index contributed by atoms with van der Waals surface area (Å²) in [6, 6.07) is 3.79. The molecule has 0 fully saturated rings. The van der Waals surface area contributed by atoms with Gasteiger partial charge >= 0.3 is 0 Å². The minimum atomic E-state index is -0.0231. The number of amides is 1. The third-order valence-electron chi connectivity index (χ3n) is 3.37. The van der Waals surface area contributed by atoms with Crippen LogP contribution in [0, 0.1) is 11.5 Å². The molecule has 1 N–H and O–H groups in total. The lowest BCUT2D eigenvalue weighted by Crippen LogP contribution is -2.42. The van der Waals surface area contributed by atoms with Crippen molar-refractivity contribution in [2.75, 3.05) is 11.4 Å². The minimum Gasteiger partial charge on any atom is -0.349 e. The Balaban J connectivity index is 2.20. The van der Waals surface area contributed by atoms with Crippen LogP contribution < -0.4 is 10.2 Å². The highest BCUT2D eigenvalue weighted by Crippen LogP contribution is 2.37. The first-order chi connectivity index (χ1) is 8.70. The molecule has 3 heterocycles. The van der Waals surface area contributed by atoms with E-state index in [0.29, 0.717) is 18.8 Å². The van der Waals surface area contributed by atoms with Crippen LogP contribution in [0.2, 0.25) is 0 Å². The number of fused-ring (bicyclic) bond motifs is 2. The van der Waals surface area contributed by atoms with Crippen LogP contribution in [0.1, 0.15) is 18.9 Å². The Morgan fingerprint density at radius 2 is 2.44 bits per heavy atom. The first kappa shape index (κ1) is 10.8. The van der Waals surface area contributed by atoms with Crippen molar-refractivity contribution in [2.24, 2.45) is 0 Å². The molecule has 0 saturated carbocycles. The van der Waals surface area contributed by atoms with E-state index in [9.17, 15) is 10.1 Å². The number of rotatable bonds is 0. The fourth-order valence-electron chi connectivity index (χ4n) is 2.70. The Morgan fingerprint density at radius 3 is 3.22 bits per heavy atom. The van der Waals surface area contributed by atoms with Crippen LogP contribution in [0.4, 0.5) is 5.82 Å². The Kier molecular flexibility index (Phi) is 2.30. The zero-order valence-corrected chi connectivity index (χ0v) is 9.97. The van der Waals surface area contributed by atoms with Crippen molar-refractivity contribution in [1.29, 1.82) is 5.26 Å². The fourth-order valence-corrected chi connectivity index (χ4v) is 2.70. The van der Waals surface area contributed by atoms with Crippen LogP contribution in [-0.2, 0) is 4.79 Å². The second-order valence-electron chi connectivity index (χ2n) is 4.54. The van der Waals surface area contributed by atoms with Crippen molar-refractivity contribution in [3.05, 3.63) is 29.5 Å². The van der Waals surface area contributed by atoms with Gasteiger partial charge in [0.25, 0.3) is 0 Å². The van der Waals surface area contributed by atoms with E-state index in [2.05, 4.69) is 16.5 Å². The first-order valence-corrected chi connectivity index (χ1v) is 5.84. The zero-order valence-electron chi connectivity index (χ0n) is 9.97. The number of nitriles is 1. The van der Waals surface area contributed by atoms with Crippen LogP contribution in [-0.4, -0.2) is 23.5 Å². The number of carbonyl (C=O) groups is 1. The molecule has 3 rings (SSSR count). The van der Waals surface area contributed by atoms with Crippen LogP contribution >= 0.6 is 0 Å². The number of anilines is 1. The normalized spacial score (nSPS) is 21.9. The van der Waals surface area contributed by atoms with Crippen molar-refractivity contribution < 1.29 is 4.79 Å². The number of nitrogens with one attached hydrogen (secondary N) is 1. The molecule has 18 heavy (non-hydrogen) atoms. The summed E-state index contributed by atoms with van der Waals surface area (Å²) in [4.78, 5) is 17.4. The summed E-state index contributed by atoms with van der Waals surface area (Å²) in [7, 11) is 0. The summed E-state index contributed by atoms with van der Waals surface area (Å²) in [5.74, 6) is 0.702. The minimum absolute atomic E-state index is 0.0199. The van der Waals surface area contributed by atoms with Crippen LogP contribution in [0.15, 0.2) is 23.9 Å². The van der Waals surface area contributed by atoms with Gasteiger partial charge in [-0.1, -0.05) is 0 Å². The molecule has 0 aromatic carbocycles. The molecule has 0 aliphatic carbocycles. The van der Waals surface area contributed by atoms with Gasteiger partial charge in [-0.25, -0.2) is 4.98 Å². The van der Waals surface area contributed by atoms with Gasteiger partial charge in [0.2, 0.25) is 5.91 Å². The standard InChI is InChI=1S/C13H12N4O/c1-8-12-9(5-11(18)16-8)6-17(7-14)13-10(12)3-2-4-15-13/h2-4,8H,5-6H2,1H3,(H,16,18). The van der Waals surface area contributed by atoms with Gasteiger partial charge in [-0.05, 0) is 30.2 Å². The number of carbonyl (C=O) groups excluding carboxylic acids is 1. The highest BCUT2D eigenvalue weighted by Gasteiger charge is 2.32. The molecule has 5 nitrogen and oxygen atoms in total. The van der Waals surface area contributed by atoms with Crippen molar-refractivity contribution in [3.63, 3.8) is 0 Å². The van der Waals surface area contributed by atoms with E-state index in [4.69, 9.17) is 0 Å².